The number of piperidine rings is 1. The van der Waals surface area contributed by atoms with Crippen LogP contribution in [0.25, 0.3) is 0 Å². The minimum Gasteiger partial charge on any atom is -0.494 e. The molecule has 0 aromatic heterocycles. The van der Waals surface area contributed by atoms with E-state index in [1.165, 1.54) is 32.1 Å². The Labute approximate surface area is 129 Å². The van der Waals surface area contributed by atoms with Crippen molar-refractivity contribution in [2.75, 3.05) is 25.5 Å². The van der Waals surface area contributed by atoms with Crippen LogP contribution in [-0.2, 0) is 0 Å². The first-order chi connectivity index (χ1) is 10.7. The van der Waals surface area contributed by atoms with E-state index < -0.39 is 5.82 Å². The van der Waals surface area contributed by atoms with Crippen LogP contribution in [0.4, 0.5) is 14.9 Å². The molecule has 1 aromatic rings. The number of halogens is 1. The lowest BCUT2D eigenvalue weighted by Gasteiger charge is -2.32. The third-order valence-electron chi connectivity index (χ3n) is 4.34. The molecule has 1 aromatic carbocycles. The molecule has 1 saturated heterocycles. The number of anilines is 1. The lowest BCUT2D eigenvalue weighted by atomic mass is 10.1. The van der Waals surface area contributed by atoms with Gasteiger partial charge in [0.25, 0.3) is 0 Å². The second-order valence-electron chi connectivity index (χ2n) is 5.99. The van der Waals surface area contributed by atoms with Crippen LogP contribution in [0, 0.1) is 5.82 Å². The van der Waals surface area contributed by atoms with Crippen molar-refractivity contribution < 1.29 is 13.9 Å². The van der Waals surface area contributed by atoms with E-state index in [0.29, 0.717) is 5.69 Å². The van der Waals surface area contributed by atoms with Gasteiger partial charge in [0.05, 0.1) is 7.11 Å². The summed E-state index contributed by atoms with van der Waals surface area (Å²) >= 11 is 0. The van der Waals surface area contributed by atoms with Gasteiger partial charge in [-0.25, -0.2) is 9.18 Å². The molecule has 2 fully saturated rings. The number of hydrogen-bond donors (Lipinski definition) is 2. The SMILES string of the molecule is COc1ccc(NC(=O)NC2CCN(C3CC3)CC2)cc1F. The second kappa shape index (κ2) is 6.52. The first kappa shape index (κ1) is 15.1. The number of rotatable bonds is 4. The Morgan fingerprint density at radius 1 is 1.27 bits per heavy atom. The van der Waals surface area contributed by atoms with Crippen LogP contribution in [0.1, 0.15) is 25.7 Å². The van der Waals surface area contributed by atoms with Crippen molar-refractivity contribution in [3.63, 3.8) is 0 Å². The van der Waals surface area contributed by atoms with Gasteiger partial charge < -0.3 is 20.3 Å². The number of likely N-dealkylation sites (tertiary alicyclic amines) is 1. The molecule has 2 amide bonds. The van der Waals surface area contributed by atoms with Gasteiger partial charge in [0, 0.05) is 36.9 Å². The number of nitrogens with zero attached hydrogens (tertiary/aromatic N) is 1. The summed E-state index contributed by atoms with van der Waals surface area (Å²) in [5, 5.41) is 5.63. The quantitative estimate of drug-likeness (QED) is 0.899. The Hall–Kier alpha value is -1.82. The monoisotopic (exact) mass is 307 g/mol. The number of hydrogen-bond acceptors (Lipinski definition) is 3. The Morgan fingerprint density at radius 2 is 2.00 bits per heavy atom. The molecule has 6 heteroatoms. The first-order valence-corrected chi connectivity index (χ1v) is 7.81. The maximum atomic E-state index is 13.6. The Bertz CT molecular complexity index is 540. The maximum Gasteiger partial charge on any atom is 0.319 e. The van der Waals surface area contributed by atoms with Gasteiger partial charge in [-0.2, -0.15) is 0 Å². The second-order valence-corrected chi connectivity index (χ2v) is 5.99. The van der Waals surface area contributed by atoms with E-state index in [4.69, 9.17) is 4.74 Å². The predicted molar refractivity (Wildman–Crippen MR) is 82.7 cm³/mol. The lowest BCUT2D eigenvalue weighted by Crippen LogP contribution is -2.46. The zero-order valence-corrected chi connectivity index (χ0v) is 12.8. The molecule has 22 heavy (non-hydrogen) atoms. The topological polar surface area (TPSA) is 53.6 Å². The van der Waals surface area contributed by atoms with Crippen molar-refractivity contribution in [2.45, 2.75) is 37.8 Å². The van der Waals surface area contributed by atoms with E-state index in [1.54, 1.807) is 6.07 Å². The van der Waals surface area contributed by atoms with E-state index in [9.17, 15) is 9.18 Å². The Morgan fingerprint density at radius 3 is 2.59 bits per heavy atom. The number of ether oxygens (including phenoxy) is 1. The molecular weight excluding hydrogens is 285 g/mol. The molecule has 1 heterocycles. The van der Waals surface area contributed by atoms with Gasteiger partial charge in [-0.1, -0.05) is 0 Å². The molecule has 2 N–H and O–H groups in total. The highest BCUT2D eigenvalue weighted by Gasteiger charge is 2.32. The summed E-state index contributed by atoms with van der Waals surface area (Å²) in [4.78, 5) is 14.5. The van der Waals surface area contributed by atoms with E-state index in [1.807, 2.05) is 0 Å². The molecule has 0 atom stereocenters. The third kappa shape index (κ3) is 3.68. The molecule has 0 unspecified atom stereocenters. The summed E-state index contributed by atoms with van der Waals surface area (Å²) in [5.41, 5.74) is 0.422. The molecule has 0 bridgehead atoms. The number of amides is 2. The van der Waals surface area contributed by atoms with Crippen LogP contribution < -0.4 is 15.4 Å². The summed E-state index contributed by atoms with van der Waals surface area (Å²) < 4.78 is 18.4. The number of carbonyl (C=O) groups excluding carboxylic acids is 1. The lowest BCUT2D eigenvalue weighted by molar-refractivity contribution is 0.189. The highest BCUT2D eigenvalue weighted by Crippen LogP contribution is 2.29. The molecule has 5 nitrogen and oxygen atoms in total. The van der Waals surface area contributed by atoms with Crippen LogP contribution in [0.3, 0.4) is 0 Å². The summed E-state index contributed by atoms with van der Waals surface area (Å²) in [6.07, 6.45) is 4.59. The number of carbonyl (C=O) groups is 1. The van der Waals surface area contributed by atoms with E-state index >= 15 is 0 Å². The smallest absolute Gasteiger partial charge is 0.319 e. The molecule has 0 radical (unpaired) electrons. The van der Waals surface area contributed by atoms with Crippen LogP contribution in [0.5, 0.6) is 5.75 Å². The zero-order valence-electron chi connectivity index (χ0n) is 12.8. The van der Waals surface area contributed by atoms with Crippen LogP contribution >= 0.6 is 0 Å². The zero-order chi connectivity index (χ0) is 15.5. The Kier molecular flexibility index (Phi) is 4.47. The van der Waals surface area contributed by atoms with E-state index in [2.05, 4.69) is 15.5 Å². The van der Waals surface area contributed by atoms with Crippen LogP contribution in [-0.4, -0.2) is 43.2 Å². The van der Waals surface area contributed by atoms with Crippen molar-refractivity contribution in [2.24, 2.45) is 0 Å². The van der Waals surface area contributed by atoms with E-state index in [0.717, 1.165) is 32.0 Å². The van der Waals surface area contributed by atoms with Gasteiger partial charge in [0.1, 0.15) is 0 Å². The molecule has 1 aliphatic carbocycles. The predicted octanol–water partition coefficient (Wildman–Crippen LogP) is 2.58. The van der Waals surface area contributed by atoms with Crippen LogP contribution in [0.15, 0.2) is 18.2 Å². The van der Waals surface area contributed by atoms with E-state index in [-0.39, 0.29) is 17.8 Å². The fraction of sp³-hybridized carbons (Fsp3) is 0.562. The summed E-state index contributed by atoms with van der Waals surface area (Å²) in [6, 6.07) is 5.08. The first-order valence-electron chi connectivity index (χ1n) is 7.81. The van der Waals surface area contributed by atoms with Gasteiger partial charge in [0.15, 0.2) is 11.6 Å². The molecule has 1 saturated carbocycles. The summed E-state index contributed by atoms with van der Waals surface area (Å²) in [5.74, 6) is -0.323. The van der Waals surface area contributed by atoms with Crippen molar-refractivity contribution >= 4 is 11.7 Å². The van der Waals surface area contributed by atoms with Crippen LogP contribution in [0.2, 0.25) is 0 Å². The highest BCUT2D eigenvalue weighted by atomic mass is 19.1. The average molecular weight is 307 g/mol. The molecule has 0 spiro atoms. The van der Waals surface area contributed by atoms with Crippen molar-refractivity contribution in [3.05, 3.63) is 24.0 Å². The molecular formula is C16H22FN3O2. The summed E-state index contributed by atoms with van der Waals surface area (Å²) in [7, 11) is 1.41. The Balaban J connectivity index is 1.47. The fourth-order valence-corrected chi connectivity index (χ4v) is 2.95. The van der Waals surface area contributed by atoms with Gasteiger partial charge in [-0.05, 0) is 37.8 Å². The molecule has 1 aliphatic heterocycles. The fourth-order valence-electron chi connectivity index (χ4n) is 2.95. The average Bonchev–Trinajstić information content (AvgIpc) is 3.33. The number of benzene rings is 1. The maximum absolute atomic E-state index is 13.6. The standard InChI is InChI=1S/C16H22FN3O2/c1-22-15-5-2-12(10-14(15)17)19-16(21)18-11-6-8-20(9-7-11)13-3-4-13/h2,5,10-11,13H,3-4,6-9H2,1H3,(H2,18,19,21). The van der Waals surface area contributed by atoms with Crippen molar-refractivity contribution in [1.29, 1.82) is 0 Å². The van der Waals surface area contributed by atoms with Crippen molar-refractivity contribution in [1.82, 2.24) is 10.2 Å². The summed E-state index contributed by atoms with van der Waals surface area (Å²) in [6.45, 7) is 2.10. The van der Waals surface area contributed by atoms with Gasteiger partial charge in [0.2, 0.25) is 0 Å². The van der Waals surface area contributed by atoms with Crippen molar-refractivity contribution in [3.8, 4) is 5.75 Å². The van der Waals surface area contributed by atoms with Gasteiger partial charge in [-0.15, -0.1) is 0 Å². The van der Waals surface area contributed by atoms with Gasteiger partial charge >= 0.3 is 6.03 Å². The van der Waals surface area contributed by atoms with Gasteiger partial charge in [-0.3, -0.25) is 0 Å². The minimum absolute atomic E-state index is 0.165. The molecule has 3 rings (SSSR count). The normalized spacial score (nSPS) is 19.7. The number of methoxy groups -OCH3 is 1. The number of nitrogens with one attached hydrogen (secondary N) is 2. The minimum atomic E-state index is -0.488. The number of urea groups is 1. The highest BCUT2D eigenvalue weighted by molar-refractivity contribution is 5.89. The molecule has 2 aliphatic rings. The third-order valence-corrected chi connectivity index (χ3v) is 4.34. The molecule has 120 valence electrons. The largest absolute Gasteiger partial charge is 0.494 e.